The summed E-state index contributed by atoms with van der Waals surface area (Å²) in [6.45, 7) is 3.42. The molecular weight excluding hydrogens is 374 g/mol. The molecule has 0 aliphatic heterocycles. The van der Waals surface area contributed by atoms with Crippen molar-refractivity contribution in [2.24, 2.45) is 0 Å². The topological polar surface area (TPSA) is 64.6 Å². The van der Waals surface area contributed by atoms with Crippen LogP contribution in [0.3, 0.4) is 0 Å². The average molecular weight is 394 g/mol. The summed E-state index contributed by atoms with van der Waals surface area (Å²) in [5, 5.41) is 3.13. The number of anilines is 1. The Morgan fingerprint density at radius 2 is 1.85 bits per heavy atom. The van der Waals surface area contributed by atoms with Crippen LogP contribution in [-0.4, -0.2) is 31.3 Å². The lowest BCUT2D eigenvalue weighted by atomic mass is 10.1. The van der Waals surface area contributed by atoms with Crippen molar-refractivity contribution in [2.75, 3.05) is 24.8 Å². The van der Waals surface area contributed by atoms with E-state index in [1.165, 1.54) is 11.8 Å². The maximum absolute atomic E-state index is 12.0. The minimum atomic E-state index is -0.465. The number of carbonyl (C=O) groups is 2. The van der Waals surface area contributed by atoms with E-state index in [9.17, 15) is 9.59 Å². The first kappa shape index (κ1) is 20.1. The molecule has 1 N–H and O–H groups in total. The second kappa shape index (κ2) is 9.50. The molecule has 0 saturated carbocycles. The van der Waals surface area contributed by atoms with E-state index in [4.69, 9.17) is 21.1 Å². The van der Waals surface area contributed by atoms with E-state index < -0.39 is 11.9 Å². The Bertz CT molecular complexity index is 770. The number of thioether (sulfide) groups is 1. The summed E-state index contributed by atoms with van der Waals surface area (Å²) >= 11 is 7.47. The second-order valence-corrected chi connectivity index (χ2v) is 7.07. The molecule has 0 spiro atoms. The number of rotatable bonds is 7. The number of ether oxygens (including phenoxy) is 2. The molecule has 0 radical (unpaired) electrons. The number of nitrogens with one attached hydrogen (secondary N) is 1. The molecule has 0 fully saturated rings. The van der Waals surface area contributed by atoms with Crippen molar-refractivity contribution in [3.8, 4) is 5.75 Å². The van der Waals surface area contributed by atoms with Crippen molar-refractivity contribution in [2.45, 2.75) is 18.7 Å². The fourth-order valence-corrected chi connectivity index (χ4v) is 3.32. The summed E-state index contributed by atoms with van der Waals surface area (Å²) < 4.78 is 10.1. The third-order valence-corrected chi connectivity index (χ3v) is 4.76. The summed E-state index contributed by atoms with van der Waals surface area (Å²) in [6, 6.07) is 11.0. The number of carbonyl (C=O) groups excluding carboxylic acids is 2. The minimum Gasteiger partial charge on any atom is -0.497 e. The normalized spacial score (nSPS) is 10.3. The lowest BCUT2D eigenvalue weighted by Gasteiger charge is -2.11. The lowest BCUT2D eigenvalue weighted by molar-refractivity contribution is -0.144. The van der Waals surface area contributed by atoms with E-state index in [0.29, 0.717) is 10.7 Å². The minimum absolute atomic E-state index is 0.115. The van der Waals surface area contributed by atoms with Crippen molar-refractivity contribution >= 4 is 40.9 Å². The van der Waals surface area contributed by atoms with Crippen LogP contribution in [-0.2, 0) is 14.3 Å². The van der Waals surface area contributed by atoms with Gasteiger partial charge < -0.3 is 14.8 Å². The van der Waals surface area contributed by atoms with Crippen LogP contribution < -0.4 is 10.1 Å². The van der Waals surface area contributed by atoms with Crippen molar-refractivity contribution in [3.63, 3.8) is 0 Å². The smallest absolute Gasteiger partial charge is 0.316 e. The predicted octanol–water partition coefficient (Wildman–Crippen LogP) is 4.24. The number of aryl methyl sites for hydroxylation is 2. The van der Waals surface area contributed by atoms with Crippen LogP contribution in [0.2, 0.25) is 5.02 Å². The Hall–Kier alpha value is -2.18. The van der Waals surface area contributed by atoms with E-state index in [1.807, 2.05) is 44.2 Å². The molecule has 0 heterocycles. The van der Waals surface area contributed by atoms with Crippen LogP contribution in [0.5, 0.6) is 5.75 Å². The number of hydrogen-bond acceptors (Lipinski definition) is 5. The highest BCUT2D eigenvalue weighted by Crippen LogP contribution is 2.27. The largest absolute Gasteiger partial charge is 0.497 e. The van der Waals surface area contributed by atoms with Gasteiger partial charge in [0.15, 0.2) is 6.61 Å². The molecule has 0 atom stereocenters. The number of methoxy groups -OCH3 is 1. The third kappa shape index (κ3) is 5.97. The van der Waals surface area contributed by atoms with Gasteiger partial charge in [-0.15, -0.1) is 11.8 Å². The predicted molar refractivity (Wildman–Crippen MR) is 104 cm³/mol. The van der Waals surface area contributed by atoms with Crippen LogP contribution in [0.1, 0.15) is 11.1 Å². The summed E-state index contributed by atoms with van der Waals surface area (Å²) in [4.78, 5) is 24.7. The standard InChI is InChI=1S/C19H20ClNO4S/c1-12-8-13(2)19(16(20)9-12)21-17(22)10-25-18(23)11-26-15-6-4-14(24-3)5-7-15/h4-9H,10-11H2,1-3H3,(H,21,22). The molecule has 0 bridgehead atoms. The fourth-order valence-electron chi connectivity index (χ4n) is 2.25. The molecule has 0 saturated heterocycles. The summed E-state index contributed by atoms with van der Waals surface area (Å²) in [5.41, 5.74) is 2.39. The average Bonchev–Trinajstić information content (AvgIpc) is 2.61. The van der Waals surface area contributed by atoms with Crippen molar-refractivity contribution < 1.29 is 19.1 Å². The first-order valence-electron chi connectivity index (χ1n) is 7.88. The Morgan fingerprint density at radius 1 is 1.15 bits per heavy atom. The van der Waals surface area contributed by atoms with Crippen LogP contribution in [0.25, 0.3) is 0 Å². The van der Waals surface area contributed by atoms with Gasteiger partial charge in [0.2, 0.25) is 0 Å². The highest BCUT2D eigenvalue weighted by atomic mass is 35.5. The van der Waals surface area contributed by atoms with Gasteiger partial charge in [0.05, 0.1) is 23.6 Å². The zero-order chi connectivity index (χ0) is 19.1. The van der Waals surface area contributed by atoms with Crippen LogP contribution in [0.4, 0.5) is 5.69 Å². The fraction of sp³-hybridized carbons (Fsp3) is 0.263. The van der Waals surface area contributed by atoms with Crippen LogP contribution in [0.15, 0.2) is 41.3 Å². The Morgan fingerprint density at radius 3 is 2.46 bits per heavy atom. The molecule has 2 aromatic carbocycles. The molecule has 2 aromatic rings. The summed E-state index contributed by atoms with van der Waals surface area (Å²) in [6.07, 6.45) is 0. The van der Waals surface area contributed by atoms with Crippen molar-refractivity contribution in [1.82, 2.24) is 0 Å². The molecule has 0 aliphatic carbocycles. The molecule has 7 heteroatoms. The molecule has 1 amide bonds. The molecule has 0 aliphatic rings. The van der Waals surface area contributed by atoms with Gasteiger partial charge in [0.1, 0.15) is 5.75 Å². The third-order valence-electron chi connectivity index (χ3n) is 3.48. The summed E-state index contributed by atoms with van der Waals surface area (Å²) in [5.74, 6) is -0.0304. The van der Waals surface area contributed by atoms with E-state index in [0.717, 1.165) is 21.8 Å². The van der Waals surface area contributed by atoms with E-state index in [-0.39, 0.29) is 12.4 Å². The van der Waals surface area contributed by atoms with Gasteiger partial charge in [0, 0.05) is 4.90 Å². The monoisotopic (exact) mass is 393 g/mol. The molecule has 0 unspecified atom stereocenters. The Labute approximate surface area is 162 Å². The van der Waals surface area contributed by atoms with Gasteiger partial charge in [-0.05, 0) is 55.3 Å². The molecular formula is C19H20ClNO4S. The van der Waals surface area contributed by atoms with Gasteiger partial charge in [-0.3, -0.25) is 9.59 Å². The van der Waals surface area contributed by atoms with E-state index >= 15 is 0 Å². The zero-order valence-electron chi connectivity index (χ0n) is 14.8. The number of amides is 1. The van der Waals surface area contributed by atoms with Gasteiger partial charge in [-0.25, -0.2) is 0 Å². The second-order valence-electron chi connectivity index (χ2n) is 5.61. The maximum atomic E-state index is 12.0. The van der Waals surface area contributed by atoms with E-state index in [2.05, 4.69) is 5.32 Å². The SMILES string of the molecule is COc1ccc(SCC(=O)OCC(=O)Nc2c(C)cc(C)cc2Cl)cc1. The number of hydrogen-bond donors (Lipinski definition) is 1. The molecule has 0 aromatic heterocycles. The highest BCUT2D eigenvalue weighted by molar-refractivity contribution is 8.00. The van der Waals surface area contributed by atoms with Crippen LogP contribution >= 0.6 is 23.4 Å². The first-order valence-corrected chi connectivity index (χ1v) is 9.24. The van der Waals surface area contributed by atoms with Crippen molar-refractivity contribution in [3.05, 3.63) is 52.5 Å². The van der Waals surface area contributed by atoms with Gasteiger partial charge in [-0.2, -0.15) is 0 Å². The molecule has 26 heavy (non-hydrogen) atoms. The quantitative estimate of drug-likeness (QED) is 0.563. The Balaban J connectivity index is 1.78. The highest BCUT2D eigenvalue weighted by Gasteiger charge is 2.12. The van der Waals surface area contributed by atoms with Gasteiger partial charge in [-0.1, -0.05) is 17.7 Å². The molecule has 138 valence electrons. The number of esters is 1. The number of halogens is 1. The Kier molecular flexibility index (Phi) is 7.36. The van der Waals surface area contributed by atoms with Gasteiger partial charge >= 0.3 is 5.97 Å². The van der Waals surface area contributed by atoms with Crippen LogP contribution in [0, 0.1) is 13.8 Å². The van der Waals surface area contributed by atoms with Gasteiger partial charge in [0.25, 0.3) is 5.91 Å². The first-order chi connectivity index (χ1) is 12.4. The summed E-state index contributed by atoms with van der Waals surface area (Å²) in [7, 11) is 1.59. The zero-order valence-corrected chi connectivity index (χ0v) is 16.4. The maximum Gasteiger partial charge on any atom is 0.316 e. The molecule has 2 rings (SSSR count). The lowest BCUT2D eigenvalue weighted by Crippen LogP contribution is -2.22. The molecule has 5 nitrogen and oxygen atoms in total. The van der Waals surface area contributed by atoms with E-state index in [1.54, 1.807) is 13.2 Å². The number of benzene rings is 2. The van der Waals surface area contributed by atoms with Crippen molar-refractivity contribution in [1.29, 1.82) is 0 Å².